The van der Waals surface area contributed by atoms with Crippen LogP contribution in [0, 0.1) is 5.41 Å². The Morgan fingerprint density at radius 2 is 2.16 bits per heavy atom. The molecule has 0 amide bonds. The summed E-state index contributed by atoms with van der Waals surface area (Å²) in [7, 11) is 3.69. The molecule has 3 N–H and O–H groups in total. The van der Waals surface area contributed by atoms with Crippen LogP contribution in [-0.2, 0) is 4.74 Å². The summed E-state index contributed by atoms with van der Waals surface area (Å²) in [4.78, 5) is 10.6. The normalized spacial score (nSPS) is 11.4. The SMILES string of the molecule is COCCNc1cc(N(C)CC(C)(C)CN)ncn1. The Balaban J connectivity index is 2.64. The highest BCUT2D eigenvalue weighted by atomic mass is 16.5. The number of aromatic nitrogens is 2. The molecule has 0 radical (unpaired) electrons. The zero-order valence-corrected chi connectivity index (χ0v) is 12.3. The zero-order valence-electron chi connectivity index (χ0n) is 12.3. The van der Waals surface area contributed by atoms with Crippen LogP contribution in [0.15, 0.2) is 12.4 Å². The third-order valence-corrected chi connectivity index (χ3v) is 2.87. The summed E-state index contributed by atoms with van der Waals surface area (Å²) >= 11 is 0. The number of nitrogens with two attached hydrogens (primary N) is 1. The Morgan fingerprint density at radius 1 is 1.42 bits per heavy atom. The Morgan fingerprint density at radius 3 is 2.79 bits per heavy atom. The number of nitrogens with one attached hydrogen (secondary N) is 1. The van der Waals surface area contributed by atoms with E-state index in [9.17, 15) is 0 Å². The molecule has 6 nitrogen and oxygen atoms in total. The van der Waals surface area contributed by atoms with E-state index in [1.165, 1.54) is 0 Å². The quantitative estimate of drug-likeness (QED) is 0.683. The lowest BCUT2D eigenvalue weighted by molar-refractivity contribution is 0.210. The summed E-state index contributed by atoms with van der Waals surface area (Å²) < 4.78 is 4.99. The summed E-state index contributed by atoms with van der Waals surface area (Å²) in [6, 6.07) is 1.93. The van der Waals surface area contributed by atoms with Gasteiger partial charge in [-0.2, -0.15) is 0 Å². The Bertz CT molecular complexity index is 383. The minimum Gasteiger partial charge on any atom is -0.383 e. The first-order chi connectivity index (χ1) is 8.98. The molecule has 19 heavy (non-hydrogen) atoms. The molecule has 1 aromatic heterocycles. The lowest BCUT2D eigenvalue weighted by Crippen LogP contribution is -2.37. The fourth-order valence-electron chi connectivity index (χ4n) is 1.72. The molecule has 0 aliphatic rings. The molecule has 1 heterocycles. The van der Waals surface area contributed by atoms with E-state index < -0.39 is 0 Å². The molecule has 0 unspecified atom stereocenters. The maximum absolute atomic E-state index is 5.76. The van der Waals surface area contributed by atoms with Gasteiger partial charge in [0.25, 0.3) is 0 Å². The highest BCUT2D eigenvalue weighted by Crippen LogP contribution is 2.19. The molecule has 108 valence electrons. The number of hydrogen-bond acceptors (Lipinski definition) is 6. The van der Waals surface area contributed by atoms with Gasteiger partial charge in [-0.1, -0.05) is 13.8 Å². The van der Waals surface area contributed by atoms with Crippen molar-refractivity contribution >= 4 is 11.6 Å². The van der Waals surface area contributed by atoms with Crippen LogP contribution in [0.1, 0.15) is 13.8 Å². The van der Waals surface area contributed by atoms with Crippen molar-refractivity contribution in [1.82, 2.24) is 9.97 Å². The minimum absolute atomic E-state index is 0.0589. The van der Waals surface area contributed by atoms with Crippen LogP contribution in [0.3, 0.4) is 0 Å². The largest absolute Gasteiger partial charge is 0.383 e. The summed E-state index contributed by atoms with van der Waals surface area (Å²) in [6.07, 6.45) is 1.57. The number of rotatable bonds is 8. The van der Waals surface area contributed by atoms with Crippen LogP contribution < -0.4 is 16.0 Å². The molecule has 6 heteroatoms. The predicted molar refractivity (Wildman–Crippen MR) is 78.5 cm³/mol. The zero-order chi connectivity index (χ0) is 14.3. The predicted octanol–water partition coefficient (Wildman–Crippen LogP) is 0.956. The Hall–Kier alpha value is -1.40. The fourth-order valence-corrected chi connectivity index (χ4v) is 1.72. The second-order valence-electron chi connectivity index (χ2n) is 5.41. The van der Waals surface area contributed by atoms with E-state index in [-0.39, 0.29) is 5.41 Å². The topological polar surface area (TPSA) is 76.3 Å². The van der Waals surface area contributed by atoms with E-state index in [0.717, 1.165) is 24.7 Å². The number of hydrogen-bond donors (Lipinski definition) is 2. The summed E-state index contributed by atoms with van der Waals surface area (Å²) in [5, 5.41) is 3.19. The first-order valence-electron chi connectivity index (χ1n) is 6.44. The average Bonchev–Trinajstić information content (AvgIpc) is 2.39. The average molecular weight is 267 g/mol. The van der Waals surface area contributed by atoms with Crippen molar-refractivity contribution in [2.75, 3.05) is 50.6 Å². The maximum Gasteiger partial charge on any atom is 0.133 e. The third kappa shape index (κ3) is 5.40. The molecule has 0 atom stereocenters. The molecule has 0 aliphatic heterocycles. The van der Waals surface area contributed by atoms with Crippen molar-refractivity contribution in [2.24, 2.45) is 11.1 Å². The van der Waals surface area contributed by atoms with Crippen molar-refractivity contribution < 1.29 is 4.74 Å². The summed E-state index contributed by atoms with van der Waals surface area (Å²) in [5.74, 6) is 1.69. The smallest absolute Gasteiger partial charge is 0.133 e. The van der Waals surface area contributed by atoms with Gasteiger partial charge in [0, 0.05) is 33.3 Å². The van der Waals surface area contributed by atoms with Crippen molar-refractivity contribution in [2.45, 2.75) is 13.8 Å². The number of methoxy groups -OCH3 is 1. The van der Waals surface area contributed by atoms with Crippen LogP contribution in [0.25, 0.3) is 0 Å². The monoisotopic (exact) mass is 267 g/mol. The van der Waals surface area contributed by atoms with E-state index in [4.69, 9.17) is 10.5 Å². The Labute approximate surface area is 115 Å². The van der Waals surface area contributed by atoms with E-state index in [1.807, 2.05) is 13.1 Å². The molecule has 0 fully saturated rings. The molecule has 1 aromatic rings. The molecule has 0 saturated heterocycles. The van der Waals surface area contributed by atoms with E-state index >= 15 is 0 Å². The van der Waals surface area contributed by atoms with Crippen molar-refractivity contribution in [3.8, 4) is 0 Å². The molecule has 0 bridgehead atoms. The number of anilines is 2. The van der Waals surface area contributed by atoms with E-state index in [2.05, 4.69) is 34.0 Å². The van der Waals surface area contributed by atoms with Crippen molar-refractivity contribution in [3.63, 3.8) is 0 Å². The molecular formula is C13H25N5O. The third-order valence-electron chi connectivity index (χ3n) is 2.87. The van der Waals surface area contributed by atoms with Crippen LogP contribution in [0.5, 0.6) is 0 Å². The number of nitrogens with zero attached hydrogens (tertiary/aromatic N) is 3. The summed E-state index contributed by atoms with van der Waals surface area (Å²) in [5.41, 5.74) is 5.82. The van der Waals surface area contributed by atoms with Gasteiger partial charge in [-0.25, -0.2) is 9.97 Å². The van der Waals surface area contributed by atoms with E-state index in [0.29, 0.717) is 13.2 Å². The molecule has 0 aromatic carbocycles. The highest BCUT2D eigenvalue weighted by Gasteiger charge is 2.19. The Kier molecular flexibility index (Phi) is 5.98. The van der Waals surface area contributed by atoms with Gasteiger partial charge in [-0.3, -0.25) is 0 Å². The maximum atomic E-state index is 5.76. The summed E-state index contributed by atoms with van der Waals surface area (Å²) in [6.45, 7) is 7.14. The second kappa shape index (κ2) is 7.25. The van der Waals surface area contributed by atoms with E-state index in [1.54, 1.807) is 13.4 Å². The fraction of sp³-hybridized carbons (Fsp3) is 0.692. The van der Waals surface area contributed by atoms with Crippen LogP contribution in [0.4, 0.5) is 11.6 Å². The lowest BCUT2D eigenvalue weighted by atomic mass is 9.93. The van der Waals surface area contributed by atoms with Crippen LogP contribution >= 0.6 is 0 Å². The van der Waals surface area contributed by atoms with Gasteiger partial charge in [0.15, 0.2) is 0 Å². The van der Waals surface area contributed by atoms with Gasteiger partial charge in [-0.15, -0.1) is 0 Å². The first-order valence-corrected chi connectivity index (χ1v) is 6.44. The molecule has 0 aliphatic carbocycles. The minimum atomic E-state index is 0.0589. The highest BCUT2D eigenvalue weighted by molar-refractivity contribution is 5.48. The molecular weight excluding hydrogens is 242 g/mol. The standard InChI is InChI=1S/C13H25N5O/c1-13(2,8-14)9-18(3)12-7-11(16-10-17-12)15-5-6-19-4/h7,10H,5-6,8-9,14H2,1-4H3,(H,15,16,17). The van der Waals surface area contributed by atoms with Gasteiger partial charge in [0.05, 0.1) is 6.61 Å². The van der Waals surface area contributed by atoms with Crippen LogP contribution in [-0.4, -0.2) is 50.4 Å². The van der Waals surface area contributed by atoms with Crippen LogP contribution in [0.2, 0.25) is 0 Å². The van der Waals surface area contributed by atoms with Gasteiger partial charge in [0.1, 0.15) is 18.0 Å². The van der Waals surface area contributed by atoms with Gasteiger partial charge < -0.3 is 20.7 Å². The molecule has 0 spiro atoms. The lowest BCUT2D eigenvalue weighted by Gasteiger charge is -2.29. The van der Waals surface area contributed by atoms with Crippen molar-refractivity contribution in [1.29, 1.82) is 0 Å². The molecule has 0 saturated carbocycles. The van der Waals surface area contributed by atoms with Gasteiger partial charge in [0.2, 0.25) is 0 Å². The van der Waals surface area contributed by atoms with Gasteiger partial charge >= 0.3 is 0 Å². The first kappa shape index (κ1) is 15.7. The number of ether oxygens (including phenoxy) is 1. The van der Waals surface area contributed by atoms with Gasteiger partial charge in [-0.05, 0) is 12.0 Å². The molecule has 1 rings (SSSR count). The second-order valence-corrected chi connectivity index (χ2v) is 5.41. The van der Waals surface area contributed by atoms with Crippen molar-refractivity contribution in [3.05, 3.63) is 12.4 Å².